The Kier molecular flexibility index (Phi) is 6.63. The number of nitrogens with one attached hydrogen (secondary N) is 2. The van der Waals surface area contributed by atoms with E-state index in [4.69, 9.17) is 16.3 Å². The minimum atomic E-state index is -0.271. The van der Waals surface area contributed by atoms with E-state index < -0.39 is 0 Å². The minimum Gasteiger partial charge on any atom is -0.491 e. The molecule has 0 aliphatic carbocycles. The highest BCUT2D eigenvalue weighted by molar-refractivity contribution is 6.31. The number of benzene rings is 2. The van der Waals surface area contributed by atoms with Crippen molar-refractivity contribution in [1.29, 1.82) is 0 Å². The molecule has 4 rings (SSSR count). The summed E-state index contributed by atoms with van der Waals surface area (Å²) in [5.74, 6) is 0.468. The van der Waals surface area contributed by atoms with Crippen molar-refractivity contribution in [2.75, 3.05) is 32.8 Å². The number of hydrogen-bond donors (Lipinski definition) is 2. The van der Waals surface area contributed by atoms with Gasteiger partial charge in [-0.05, 0) is 62.4 Å². The summed E-state index contributed by atoms with van der Waals surface area (Å²) in [5.41, 5.74) is 1.80. The van der Waals surface area contributed by atoms with Gasteiger partial charge in [0.2, 0.25) is 0 Å². The Bertz CT molecular complexity index is 1050. The van der Waals surface area contributed by atoms with Crippen LogP contribution in [0.4, 0.5) is 9.18 Å². The largest absolute Gasteiger partial charge is 0.491 e. The van der Waals surface area contributed by atoms with Crippen LogP contribution in [0.15, 0.2) is 48.7 Å². The van der Waals surface area contributed by atoms with E-state index in [1.54, 1.807) is 12.1 Å². The SMILES string of the molecule is CC(CNCCCOc1cn(-c2ccc(F)cc2)c2ccc(Cl)cc12)N1CCNC1=O. The number of carbonyl (C=O) groups is 1. The lowest BCUT2D eigenvalue weighted by atomic mass is 10.2. The molecular formula is C23H26ClFN4O2. The van der Waals surface area contributed by atoms with Crippen LogP contribution >= 0.6 is 11.6 Å². The predicted octanol–water partition coefficient (Wildman–Crippen LogP) is 4.20. The molecule has 1 fully saturated rings. The maximum Gasteiger partial charge on any atom is 0.317 e. The quantitative estimate of drug-likeness (QED) is 0.486. The first-order chi connectivity index (χ1) is 15.0. The molecule has 0 spiro atoms. The highest BCUT2D eigenvalue weighted by Crippen LogP contribution is 2.33. The standard InChI is InChI=1S/C23H26ClFN4O2/c1-16(28-11-10-27-23(28)30)14-26-9-2-12-31-22-15-29(19-6-4-18(25)5-7-19)21-8-3-17(24)13-20(21)22/h3-8,13,15-16,26H,2,9-12,14H2,1H3,(H,27,30). The van der Waals surface area contributed by atoms with Gasteiger partial charge in [-0.25, -0.2) is 9.18 Å². The fourth-order valence-corrected chi connectivity index (χ4v) is 3.98. The Morgan fingerprint density at radius 3 is 2.81 bits per heavy atom. The van der Waals surface area contributed by atoms with E-state index in [0.29, 0.717) is 18.2 Å². The van der Waals surface area contributed by atoms with Gasteiger partial charge in [0.05, 0.1) is 18.3 Å². The van der Waals surface area contributed by atoms with E-state index in [0.717, 1.165) is 48.4 Å². The molecule has 1 aromatic heterocycles. The van der Waals surface area contributed by atoms with Crippen LogP contribution in [-0.2, 0) is 0 Å². The van der Waals surface area contributed by atoms with E-state index in [1.165, 1.54) is 12.1 Å². The third-order valence-corrected chi connectivity index (χ3v) is 5.69. The molecule has 1 saturated heterocycles. The van der Waals surface area contributed by atoms with Gasteiger partial charge >= 0.3 is 6.03 Å². The van der Waals surface area contributed by atoms with E-state index in [1.807, 2.05) is 40.8 Å². The first kappa shape index (κ1) is 21.5. The lowest BCUT2D eigenvalue weighted by molar-refractivity contribution is 0.200. The van der Waals surface area contributed by atoms with E-state index in [-0.39, 0.29) is 17.9 Å². The number of halogens is 2. The molecule has 8 heteroatoms. The van der Waals surface area contributed by atoms with Crippen LogP contribution in [0.1, 0.15) is 13.3 Å². The smallest absolute Gasteiger partial charge is 0.317 e. The fraction of sp³-hybridized carbons (Fsp3) is 0.348. The molecule has 0 bridgehead atoms. The maximum absolute atomic E-state index is 13.3. The summed E-state index contributed by atoms with van der Waals surface area (Å²) < 4.78 is 21.3. The fourth-order valence-electron chi connectivity index (χ4n) is 3.81. The topological polar surface area (TPSA) is 58.5 Å². The summed E-state index contributed by atoms with van der Waals surface area (Å²) in [7, 11) is 0. The monoisotopic (exact) mass is 444 g/mol. The van der Waals surface area contributed by atoms with Crippen LogP contribution in [0.2, 0.25) is 5.02 Å². The molecule has 1 aliphatic rings. The van der Waals surface area contributed by atoms with Crippen LogP contribution in [0, 0.1) is 5.82 Å². The van der Waals surface area contributed by atoms with Gasteiger partial charge in [0.1, 0.15) is 11.6 Å². The third-order valence-electron chi connectivity index (χ3n) is 5.45. The number of ether oxygens (including phenoxy) is 1. The van der Waals surface area contributed by atoms with Crippen LogP contribution < -0.4 is 15.4 Å². The highest BCUT2D eigenvalue weighted by atomic mass is 35.5. The van der Waals surface area contributed by atoms with E-state index in [9.17, 15) is 9.18 Å². The first-order valence-electron chi connectivity index (χ1n) is 10.5. The van der Waals surface area contributed by atoms with Gasteiger partial charge in [-0.15, -0.1) is 0 Å². The summed E-state index contributed by atoms with van der Waals surface area (Å²) in [6.45, 7) is 5.59. The Balaban J connectivity index is 1.34. The normalized spacial score (nSPS) is 14.8. The molecule has 1 unspecified atom stereocenters. The summed E-state index contributed by atoms with van der Waals surface area (Å²) in [5, 5.41) is 7.76. The number of amides is 2. The molecule has 1 aliphatic heterocycles. The minimum absolute atomic E-state index is 0.00818. The van der Waals surface area contributed by atoms with Gasteiger partial charge in [0, 0.05) is 41.8 Å². The Morgan fingerprint density at radius 2 is 2.06 bits per heavy atom. The third kappa shape index (κ3) is 4.94. The average Bonchev–Trinajstić information content (AvgIpc) is 3.34. The molecular weight excluding hydrogens is 419 g/mol. The second-order valence-electron chi connectivity index (χ2n) is 7.68. The van der Waals surface area contributed by atoms with Crippen LogP contribution in [0.3, 0.4) is 0 Å². The van der Waals surface area contributed by atoms with Gasteiger partial charge < -0.3 is 24.8 Å². The van der Waals surface area contributed by atoms with Crippen LogP contribution in [0.5, 0.6) is 5.75 Å². The summed E-state index contributed by atoms with van der Waals surface area (Å²) in [6, 6.07) is 12.2. The number of hydrogen-bond acceptors (Lipinski definition) is 3. The first-order valence-corrected chi connectivity index (χ1v) is 10.9. The Hall–Kier alpha value is -2.77. The van der Waals surface area contributed by atoms with Gasteiger partial charge in [0.15, 0.2) is 0 Å². The zero-order valence-electron chi connectivity index (χ0n) is 17.4. The average molecular weight is 445 g/mol. The zero-order chi connectivity index (χ0) is 21.8. The van der Waals surface area contributed by atoms with Crippen molar-refractivity contribution in [3.63, 3.8) is 0 Å². The molecule has 0 radical (unpaired) electrons. The number of nitrogens with zero attached hydrogens (tertiary/aromatic N) is 2. The van der Waals surface area contributed by atoms with Crippen molar-refractivity contribution in [1.82, 2.24) is 20.1 Å². The summed E-state index contributed by atoms with van der Waals surface area (Å²) in [6.07, 6.45) is 2.73. The number of rotatable bonds is 9. The Morgan fingerprint density at radius 1 is 1.26 bits per heavy atom. The molecule has 31 heavy (non-hydrogen) atoms. The number of carbonyl (C=O) groups excluding carboxylic acids is 1. The van der Waals surface area contributed by atoms with Crippen LogP contribution in [0.25, 0.3) is 16.6 Å². The second-order valence-corrected chi connectivity index (χ2v) is 8.12. The zero-order valence-corrected chi connectivity index (χ0v) is 18.2. The van der Waals surface area contributed by atoms with Crippen molar-refractivity contribution in [3.05, 3.63) is 59.5 Å². The number of urea groups is 1. The lowest BCUT2D eigenvalue weighted by Crippen LogP contribution is -2.42. The number of fused-ring (bicyclic) bond motifs is 1. The molecule has 6 nitrogen and oxygen atoms in total. The Labute approximate surface area is 185 Å². The van der Waals surface area contributed by atoms with Gasteiger partial charge in [-0.3, -0.25) is 0 Å². The molecule has 2 aromatic carbocycles. The van der Waals surface area contributed by atoms with E-state index in [2.05, 4.69) is 10.6 Å². The van der Waals surface area contributed by atoms with Crippen LogP contribution in [-0.4, -0.2) is 54.3 Å². The maximum atomic E-state index is 13.3. The molecule has 2 N–H and O–H groups in total. The van der Waals surface area contributed by atoms with Crippen molar-refractivity contribution in [2.45, 2.75) is 19.4 Å². The molecule has 3 aromatic rings. The predicted molar refractivity (Wildman–Crippen MR) is 121 cm³/mol. The number of aromatic nitrogens is 1. The van der Waals surface area contributed by atoms with Gasteiger partial charge in [-0.1, -0.05) is 11.6 Å². The molecule has 2 heterocycles. The van der Waals surface area contributed by atoms with Gasteiger partial charge in [0.25, 0.3) is 0 Å². The second kappa shape index (κ2) is 9.58. The van der Waals surface area contributed by atoms with E-state index >= 15 is 0 Å². The molecule has 2 amide bonds. The molecule has 1 atom stereocenters. The molecule has 164 valence electrons. The highest BCUT2D eigenvalue weighted by Gasteiger charge is 2.24. The van der Waals surface area contributed by atoms with Crippen molar-refractivity contribution in [3.8, 4) is 11.4 Å². The van der Waals surface area contributed by atoms with Crippen molar-refractivity contribution < 1.29 is 13.9 Å². The van der Waals surface area contributed by atoms with Gasteiger partial charge in [-0.2, -0.15) is 0 Å². The summed E-state index contributed by atoms with van der Waals surface area (Å²) >= 11 is 6.21. The lowest BCUT2D eigenvalue weighted by Gasteiger charge is -2.23. The summed E-state index contributed by atoms with van der Waals surface area (Å²) in [4.78, 5) is 13.5. The molecule has 0 saturated carbocycles. The van der Waals surface area contributed by atoms with Crippen molar-refractivity contribution >= 4 is 28.5 Å². The van der Waals surface area contributed by atoms with Crippen molar-refractivity contribution in [2.24, 2.45) is 0 Å².